The van der Waals surface area contributed by atoms with Crippen molar-refractivity contribution in [2.24, 2.45) is 5.41 Å². The highest BCUT2D eigenvalue weighted by Gasteiger charge is 2.33. The lowest BCUT2D eigenvalue weighted by Crippen LogP contribution is -2.22. The van der Waals surface area contributed by atoms with E-state index in [1.807, 2.05) is 0 Å². The molecule has 2 nitrogen and oxygen atoms in total. The summed E-state index contributed by atoms with van der Waals surface area (Å²) in [6.07, 6.45) is 6.08. The zero-order chi connectivity index (χ0) is 9.73. The first-order valence-electron chi connectivity index (χ1n) is 4.86. The van der Waals surface area contributed by atoms with Crippen LogP contribution in [0.4, 0.5) is 0 Å². The molecule has 1 fully saturated rings. The highest BCUT2D eigenvalue weighted by atomic mass is 16.5. The van der Waals surface area contributed by atoms with Gasteiger partial charge in [0.25, 0.3) is 0 Å². The van der Waals surface area contributed by atoms with E-state index in [0.29, 0.717) is 6.61 Å². The Bertz CT molecular complexity index is 196. The van der Waals surface area contributed by atoms with Crippen LogP contribution in [0.5, 0.6) is 0 Å². The third kappa shape index (κ3) is 2.96. The van der Waals surface area contributed by atoms with Crippen molar-refractivity contribution in [2.75, 3.05) is 13.2 Å². The molecule has 0 aliphatic carbocycles. The molecule has 1 heterocycles. The van der Waals surface area contributed by atoms with Crippen molar-refractivity contribution in [3.05, 3.63) is 11.6 Å². The molecule has 2 heteroatoms. The van der Waals surface area contributed by atoms with Gasteiger partial charge in [-0.25, -0.2) is 0 Å². The minimum atomic E-state index is -0.175. The van der Waals surface area contributed by atoms with Crippen LogP contribution in [0.2, 0.25) is 0 Å². The van der Waals surface area contributed by atoms with Crippen LogP contribution < -0.4 is 0 Å². The zero-order valence-corrected chi connectivity index (χ0v) is 8.51. The molecule has 1 aliphatic heterocycles. The van der Waals surface area contributed by atoms with Crippen LogP contribution in [0.3, 0.4) is 0 Å². The van der Waals surface area contributed by atoms with E-state index >= 15 is 0 Å². The monoisotopic (exact) mass is 182 g/mol. The van der Waals surface area contributed by atoms with Crippen LogP contribution >= 0.6 is 0 Å². The first-order chi connectivity index (χ1) is 6.18. The van der Waals surface area contributed by atoms with Crippen molar-refractivity contribution < 1.29 is 9.53 Å². The van der Waals surface area contributed by atoms with E-state index in [2.05, 4.69) is 19.9 Å². The molecule has 74 valence electrons. The van der Waals surface area contributed by atoms with Gasteiger partial charge in [0.2, 0.25) is 0 Å². The number of carbonyl (C=O) groups excluding carboxylic acids is 1. The Hall–Kier alpha value is -0.630. The Morgan fingerprint density at radius 1 is 1.54 bits per heavy atom. The fraction of sp³-hybridized carbons (Fsp3) is 0.727. The first-order valence-corrected chi connectivity index (χ1v) is 4.86. The summed E-state index contributed by atoms with van der Waals surface area (Å²) < 4.78 is 5.26. The van der Waals surface area contributed by atoms with Crippen LogP contribution in [0, 0.1) is 5.41 Å². The molecular weight excluding hydrogens is 164 g/mol. The average molecular weight is 182 g/mol. The average Bonchev–Trinajstić information content (AvgIpc) is 2.53. The molecule has 13 heavy (non-hydrogen) atoms. The molecule has 1 rings (SSSR count). The molecule has 1 atom stereocenters. The molecule has 0 aromatic rings. The van der Waals surface area contributed by atoms with E-state index in [9.17, 15) is 4.79 Å². The Morgan fingerprint density at radius 2 is 2.31 bits per heavy atom. The van der Waals surface area contributed by atoms with Crippen LogP contribution in [0.25, 0.3) is 0 Å². The second-order valence-corrected chi connectivity index (χ2v) is 4.10. The van der Waals surface area contributed by atoms with Crippen LogP contribution in [0.15, 0.2) is 11.6 Å². The fourth-order valence-electron chi connectivity index (χ4n) is 1.62. The molecule has 0 aromatic carbocycles. The van der Waals surface area contributed by atoms with Crippen LogP contribution in [0.1, 0.15) is 33.1 Å². The van der Waals surface area contributed by atoms with Gasteiger partial charge in [0.05, 0.1) is 12.0 Å². The lowest BCUT2D eigenvalue weighted by molar-refractivity contribution is -0.116. The maximum Gasteiger partial charge on any atom is 0.128 e. The Labute approximate surface area is 80.0 Å². The number of aldehydes is 1. The van der Waals surface area contributed by atoms with Gasteiger partial charge in [-0.1, -0.05) is 11.6 Å². The summed E-state index contributed by atoms with van der Waals surface area (Å²) in [5.74, 6) is 0. The summed E-state index contributed by atoms with van der Waals surface area (Å²) in [5, 5.41) is 0. The number of ether oxygens (including phenoxy) is 1. The third-order valence-electron chi connectivity index (χ3n) is 2.58. The summed E-state index contributed by atoms with van der Waals surface area (Å²) in [7, 11) is 0. The van der Waals surface area contributed by atoms with Crippen molar-refractivity contribution in [1.29, 1.82) is 0 Å². The molecule has 1 aliphatic rings. The topological polar surface area (TPSA) is 26.3 Å². The lowest BCUT2D eigenvalue weighted by atomic mass is 9.84. The van der Waals surface area contributed by atoms with E-state index in [1.54, 1.807) is 0 Å². The molecule has 1 saturated heterocycles. The fourth-order valence-corrected chi connectivity index (χ4v) is 1.62. The van der Waals surface area contributed by atoms with Crippen molar-refractivity contribution in [3.8, 4) is 0 Å². The van der Waals surface area contributed by atoms with Gasteiger partial charge >= 0.3 is 0 Å². The number of hydrogen-bond donors (Lipinski definition) is 0. The largest absolute Gasteiger partial charge is 0.380 e. The predicted molar refractivity (Wildman–Crippen MR) is 52.6 cm³/mol. The second kappa shape index (κ2) is 4.56. The molecule has 0 saturated carbocycles. The maximum absolute atomic E-state index is 10.9. The van der Waals surface area contributed by atoms with E-state index in [0.717, 1.165) is 32.2 Å². The summed E-state index contributed by atoms with van der Waals surface area (Å²) in [6.45, 7) is 5.53. The molecule has 0 radical (unpaired) electrons. The minimum absolute atomic E-state index is 0.175. The van der Waals surface area contributed by atoms with Crippen molar-refractivity contribution in [3.63, 3.8) is 0 Å². The van der Waals surface area contributed by atoms with Crippen LogP contribution in [-0.4, -0.2) is 19.5 Å². The smallest absolute Gasteiger partial charge is 0.128 e. The van der Waals surface area contributed by atoms with Gasteiger partial charge in [0.15, 0.2) is 0 Å². The number of hydrogen-bond acceptors (Lipinski definition) is 2. The molecule has 0 bridgehead atoms. The summed E-state index contributed by atoms with van der Waals surface area (Å²) in [4.78, 5) is 10.9. The Kier molecular flexibility index (Phi) is 3.67. The number of carbonyl (C=O) groups is 1. The van der Waals surface area contributed by atoms with Gasteiger partial charge in [0, 0.05) is 6.61 Å². The van der Waals surface area contributed by atoms with E-state index in [4.69, 9.17) is 4.74 Å². The van der Waals surface area contributed by atoms with E-state index in [1.165, 1.54) is 5.57 Å². The highest BCUT2D eigenvalue weighted by molar-refractivity contribution is 5.60. The second-order valence-electron chi connectivity index (χ2n) is 4.10. The first kappa shape index (κ1) is 10.5. The van der Waals surface area contributed by atoms with Crippen molar-refractivity contribution in [2.45, 2.75) is 33.1 Å². The van der Waals surface area contributed by atoms with Gasteiger partial charge in [-0.05, 0) is 33.1 Å². The van der Waals surface area contributed by atoms with E-state index in [-0.39, 0.29) is 5.41 Å². The van der Waals surface area contributed by atoms with Gasteiger partial charge in [0.1, 0.15) is 6.29 Å². The lowest BCUT2D eigenvalue weighted by Gasteiger charge is -2.18. The molecule has 0 spiro atoms. The SMILES string of the molecule is CC(C)=CCCC1(C=O)CCOC1. The normalized spacial score (nSPS) is 27.2. The Balaban J connectivity index is 2.40. The highest BCUT2D eigenvalue weighted by Crippen LogP contribution is 2.31. The van der Waals surface area contributed by atoms with Crippen LogP contribution in [-0.2, 0) is 9.53 Å². The van der Waals surface area contributed by atoms with Crippen molar-refractivity contribution in [1.82, 2.24) is 0 Å². The molecule has 1 unspecified atom stereocenters. The van der Waals surface area contributed by atoms with Gasteiger partial charge in [-0.3, -0.25) is 0 Å². The minimum Gasteiger partial charge on any atom is -0.380 e. The predicted octanol–water partition coefficient (Wildman–Crippen LogP) is 2.34. The maximum atomic E-state index is 10.9. The third-order valence-corrected chi connectivity index (χ3v) is 2.58. The van der Waals surface area contributed by atoms with E-state index < -0.39 is 0 Å². The zero-order valence-electron chi connectivity index (χ0n) is 8.51. The molecule has 0 amide bonds. The summed E-state index contributed by atoms with van der Waals surface area (Å²) >= 11 is 0. The number of allylic oxidation sites excluding steroid dienone is 2. The molecule has 0 aromatic heterocycles. The Morgan fingerprint density at radius 3 is 2.77 bits per heavy atom. The van der Waals surface area contributed by atoms with Gasteiger partial charge < -0.3 is 9.53 Å². The standard InChI is InChI=1S/C11H18O2/c1-10(2)4-3-5-11(8-12)6-7-13-9-11/h4,8H,3,5-7,9H2,1-2H3. The van der Waals surface area contributed by atoms with Gasteiger partial charge in [-0.15, -0.1) is 0 Å². The summed E-state index contributed by atoms with van der Waals surface area (Å²) in [5.41, 5.74) is 1.14. The molecule has 0 N–H and O–H groups in total. The summed E-state index contributed by atoms with van der Waals surface area (Å²) in [6, 6.07) is 0. The quantitative estimate of drug-likeness (QED) is 0.492. The molecular formula is C11H18O2. The van der Waals surface area contributed by atoms with Crippen molar-refractivity contribution >= 4 is 6.29 Å². The number of rotatable bonds is 4. The van der Waals surface area contributed by atoms with Gasteiger partial charge in [-0.2, -0.15) is 0 Å².